The summed E-state index contributed by atoms with van der Waals surface area (Å²) in [6, 6.07) is 10.6. The van der Waals surface area contributed by atoms with Crippen LogP contribution in [0.25, 0.3) is 0 Å². The highest BCUT2D eigenvalue weighted by atomic mass is 16.5. The van der Waals surface area contributed by atoms with Crippen LogP contribution in [0.5, 0.6) is 0 Å². The highest BCUT2D eigenvalue weighted by Crippen LogP contribution is 2.18. The van der Waals surface area contributed by atoms with Crippen LogP contribution in [0, 0.1) is 6.92 Å². The second-order valence-corrected chi connectivity index (χ2v) is 7.45. The van der Waals surface area contributed by atoms with Crippen molar-refractivity contribution >= 4 is 17.5 Å². The van der Waals surface area contributed by atoms with Crippen molar-refractivity contribution in [2.45, 2.75) is 19.9 Å². The van der Waals surface area contributed by atoms with Crippen molar-refractivity contribution in [3.05, 3.63) is 47.7 Å². The molecule has 7 nitrogen and oxygen atoms in total. The first kappa shape index (κ1) is 21.2. The number of benzene rings is 1. The molecular formula is C22H34N6O. The molecule has 2 heterocycles. The van der Waals surface area contributed by atoms with E-state index >= 15 is 0 Å². The van der Waals surface area contributed by atoms with Gasteiger partial charge in [-0.05, 0) is 38.1 Å². The number of nitrogens with one attached hydrogen (secondary N) is 3. The summed E-state index contributed by atoms with van der Waals surface area (Å²) in [5.41, 5.74) is 3.58. The molecule has 1 fully saturated rings. The van der Waals surface area contributed by atoms with Gasteiger partial charge in [-0.2, -0.15) is 0 Å². The monoisotopic (exact) mass is 398 g/mol. The molecule has 3 rings (SSSR count). The van der Waals surface area contributed by atoms with Gasteiger partial charge in [0.05, 0.1) is 13.2 Å². The molecule has 1 aromatic carbocycles. The van der Waals surface area contributed by atoms with Gasteiger partial charge in [0, 0.05) is 57.7 Å². The third-order valence-electron chi connectivity index (χ3n) is 5.20. The second kappa shape index (κ2) is 10.9. The predicted octanol–water partition coefficient (Wildman–Crippen LogP) is 2.66. The molecule has 0 unspecified atom stereocenters. The summed E-state index contributed by atoms with van der Waals surface area (Å²) in [7, 11) is 3.86. The Hall–Kier alpha value is -2.51. The van der Waals surface area contributed by atoms with Crippen LogP contribution in [0.15, 0.2) is 41.5 Å². The molecule has 1 aliphatic heterocycles. The zero-order valence-electron chi connectivity index (χ0n) is 17.9. The number of guanidine groups is 1. The highest BCUT2D eigenvalue weighted by molar-refractivity contribution is 5.93. The molecule has 29 heavy (non-hydrogen) atoms. The lowest BCUT2D eigenvalue weighted by atomic mass is 10.2. The van der Waals surface area contributed by atoms with E-state index in [1.54, 1.807) is 0 Å². The lowest BCUT2D eigenvalue weighted by Gasteiger charge is -2.26. The van der Waals surface area contributed by atoms with Crippen LogP contribution in [0.3, 0.4) is 0 Å². The Morgan fingerprint density at radius 2 is 1.90 bits per heavy atom. The van der Waals surface area contributed by atoms with Gasteiger partial charge >= 0.3 is 0 Å². The van der Waals surface area contributed by atoms with Gasteiger partial charge in [0.15, 0.2) is 5.96 Å². The van der Waals surface area contributed by atoms with Crippen molar-refractivity contribution in [1.82, 2.24) is 14.8 Å². The molecule has 0 radical (unpaired) electrons. The molecule has 1 aromatic heterocycles. The standard InChI is InChI=1S/C22H34N6O/c1-18-5-7-20(8-6-18)25-17-19-9-12-27(3)21(19)26-22(23-2)24-10-4-11-28-13-15-29-16-14-28/h5-9,12,25H,4,10-11,13-17H2,1-3H3,(H2,23,24,26). The topological polar surface area (TPSA) is 65.8 Å². The molecule has 1 saturated heterocycles. The minimum Gasteiger partial charge on any atom is -0.381 e. The summed E-state index contributed by atoms with van der Waals surface area (Å²) in [6.07, 6.45) is 3.15. The van der Waals surface area contributed by atoms with E-state index < -0.39 is 0 Å². The Kier molecular flexibility index (Phi) is 7.95. The maximum atomic E-state index is 5.40. The van der Waals surface area contributed by atoms with Gasteiger partial charge in [0.2, 0.25) is 0 Å². The average Bonchev–Trinajstić information content (AvgIpc) is 3.10. The maximum Gasteiger partial charge on any atom is 0.196 e. The largest absolute Gasteiger partial charge is 0.381 e. The zero-order valence-corrected chi connectivity index (χ0v) is 17.9. The van der Waals surface area contributed by atoms with Gasteiger partial charge in [0.1, 0.15) is 5.82 Å². The van der Waals surface area contributed by atoms with Gasteiger partial charge < -0.3 is 25.3 Å². The fraction of sp³-hybridized carbons (Fsp3) is 0.500. The SMILES string of the molecule is CN=C(NCCCN1CCOCC1)Nc1c(CNc2ccc(C)cc2)ccn1C. The number of rotatable bonds is 8. The Balaban J connectivity index is 1.48. The number of hydrogen-bond donors (Lipinski definition) is 3. The van der Waals surface area contributed by atoms with Crippen molar-refractivity contribution in [3.8, 4) is 0 Å². The van der Waals surface area contributed by atoms with E-state index in [1.807, 2.05) is 14.1 Å². The van der Waals surface area contributed by atoms with Gasteiger partial charge in [-0.15, -0.1) is 0 Å². The average molecular weight is 399 g/mol. The van der Waals surface area contributed by atoms with E-state index in [0.29, 0.717) is 0 Å². The molecule has 7 heteroatoms. The summed E-state index contributed by atoms with van der Waals surface area (Å²) in [5, 5.41) is 10.4. The van der Waals surface area contributed by atoms with Gasteiger partial charge in [-0.25, -0.2) is 0 Å². The smallest absolute Gasteiger partial charge is 0.196 e. The number of aromatic nitrogens is 1. The zero-order chi connectivity index (χ0) is 20.5. The quantitative estimate of drug-likeness (QED) is 0.362. The van der Waals surface area contributed by atoms with Crippen LogP contribution < -0.4 is 16.0 Å². The van der Waals surface area contributed by atoms with Crippen molar-refractivity contribution in [2.24, 2.45) is 12.0 Å². The number of hydrogen-bond acceptors (Lipinski definition) is 4. The molecule has 0 spiro atoms. The van der Waals surface area contributed by atoms with Gasteiger partial charge in [-0.1, -0.05) is 17.7 Å². The second-order valence-electron chi connectivity index (χ2n) is 7.45. The number of ether oxygens (including phenoxy) is 1. The summed E-state index contributed by atoms with van der Waals surface area (Å²) in [5.74, 6) is 1.84. The van der Waals surface area contributed by atoms with Crippen LogP contribution in [0.2, 0.25) is 0 Å². The summed E-state index contributed by atoms with van der Waals surface area (Å²) >= 11 is 0. The minimum atomic E-state index is 0.750. The Bertz CT molecular complexity index is 777. The van der Waals surface area contributed by atoms with E-state index in [-0.39, 0.29) is 0 Å². The molecule has 1 aliphatic rings. The van der Waals surface area contributed by atoms with Crippen LogP contribution >= 0.6 is 0 Å². The Labute approximate surface area is 174 Å². The fourth-order valence-corrected chi connectivity index (χ4v) is 3.39. The normalized spacial score (nSPS) is 15.3. The number of aliphatic imine (C=N–C) groups is 1. The van der Waals surface area contributed by atoms with Crippen molar-refractivity contribution in [2.75, 3.05) is 57.1 Å². The summed E-state index contributed by atoms with van der Waals surface area (Å²) in [4.78, 5) is 6.84. The van der Waals surface area contributed by atoms with Crippen LogP contribution in [0.1, 0.15) is 17.5 Å². The van der Waals surface area contributed by atoms with E-state index in [0.717, 1.165) is 69.8 Å². The molecule has 2 aromatic rings. The Morgan fingerprint density at radius 1 is 1.14 bits per heavy atom. The number of nitrogens with zero attached hydrogens (tertiary/aromatic N) is 3. The van der Waals surface area contributed by atoms with Crippen LogP contribution in [-0.2, 0) is 18.3 Å². The molecule has 0 saturated carbocycles. The van der Waals surface area contributed by atoms with Gasteiger partial charge in [-0.3, -0.25) is 9.89 Å². The molecule has 158 valence electrons. The maximum absolute atomic E-state index is 5.40. The molecule has 0 atom stereocenters. The van der Waals surface area contributed by atoms with Crippen LogP contribution in [-0.4, -0.2) is 61.9 Å². The molecule has 0 aliphatic carbocycles. The first-order chi connectivity index (χ1) is 14.2. The van der Waals surface area contributed by atoms with Crippen molar-refractivity contribution in [1.29, 1.82) is 0 Å². The highest BCUT2D eigenvalue weighted by Gasteiger charge is 2.11. The van der Waals surface area contributed by atoms with E-state index in [2.05, 4.69) is 73.9 Å². The summed E-state index contributed by atoms with van der Waals surface area (Å²) in [6.45, 7) is 8.60. The number of aryl methyl sites for hydroxylation is 2. The van der Waals surface area contributed by atoms with Crippen molar-refractivity contribution in [3.63, 3.8) is 0 Å². The van der Waals surface area contributed by atoms with Crippen molar-refractivity contribution < 1.29 is 4.74 Å². The number of morpholine rings is 1. The third kappa shape index (κ3) is 6.51. The molecule has 3 N–H and O–H groups in total. The first-order valence-electron chi connectivity index (χ1n) is 10.4. The summed E-state index contributed by atoms with van der Waals surface area (Å²) < 4.78 is 7.49. The van der Waals surface area contributed by atoms with E-state index in [4.69, 9.17) is 4.74 Å². The lowest BCUT2D eigenvalue weighted by molar-refractivity contribution is 0.0376. The van der Waals surface area contributed by atoms with Gasteiger partial charge in [0.25, 0.3) is 0 Å². The van der Waals surface area contributed by atoms with Crippen LogP contribution in [0.4, 0.5) is 11.5 Å². The lowest BCUT2D eigenvalue weighted by Crippen LogP contribution is -2.39. The first-order valence-corrected chi connectivity index (χ1v) is 10.4. The molecule has 0 bridgehead atoms. The fourth-order valence-electron chi connectivity index (χ4n) is 3.39. The third-order valence-corrected chi connectivity index (χ3v) is 5.20. The predicted molar refractivity (Wildman–Crippen MR) is 121 cm³/mol. The number of anilines is 2. The van der Waals surface area contributed by atoms with E-state index in [9.17, 15) is 0 Å². The molecular weight excluding hydrogens is 364 g/mol. The Morgan fingerprint density at radius 3 is 2.62 bits per heavy atom. The minimum absolute atomic E-state index is 0.750. The van der Waals surface area contributed by atoms with E-state index in [1.165, 1.54) is 11.1 Å². The molecule has 0 amide bonds.